The lowest BCUT2D eigenvalue weighted by Gasteiger charge is -2.06. The first-order valence-electron chi connectivity index (χ1n) is 5.13. The van der Waals surface area contributed by atoms with Gasteiger partial charge in [-0.3, -0.25) is 4.79 Å². The van der Waals surface area contributed by atoms with Crippen molar-refractivity contribution in [2.75, 3.05) is 6.54 Å². The molecule has 1 rings (SSSR count). The molecule has 0 radical (unpaired) electrons. The van der Waals surface area contributed by atoms with Gasteiger partial charge in [-0.2, -0.15) is 0 Å². The summed E-state index contributed by atoms with van der Waals surface area (Å²) >= 11 is 4.63. The first-order chi connectivity index (χ1) is 8.43. The smallest absolute Gasteiger partial charge is 0.254 e. The Balaban J connectivity index is 2.62. The van der Waals surface area contributed by atoms with Crippen molar-refractivity contribution in [1.29, 1.82) is 0 Å². The molecular weight excluding hydrogens is 265 g/mol. The molecule has 1 aromatic carbocycles. The lowest BCUT2D eigenvalue weighted by molar-refractivity contribution is 0.0948. The molecule has 0 heterocycles. The average Bonchev–Trinajstić information content (AvgIpc) is 2.31. The van der Waals surface area contributed by atoms with Crippen LogP contribution in [0.1, 0.15) is 23.2 Å². The van der Waals surface area contributed by atoms with Crippen LogP contribution in [0.25, 0.3) is 0 Å². The highest BCUT2D eigenvalue weighted by molar-refractivity contribution is 7.80. The van der Waals surface area contributed by atoms with E-state index in [2.05, 4.69) is 17.5 Å². The molecular formula is C11H11F3N2OS. The Morgan fingerprint density at radius 1 is 1.28 bits per heavy atom. The maximum absolute atomic E-state index is 13.2. The van der Waals surface area contributed by atoms with Crippen LogP contribution in [0.3, 0.4) is 0 Å². The fourth-order valence-corrected chi connectivity index (χ4v) is 1.41. The standard InChI is InChI=1S/C11H11F3N2OS/c12-7-4-3-6(9(13)10(7)14)11(17)16-5-1-2-8(15)18/h3-4H,1-2,5H2,(H2,15,18)(H,16,17). The van der Waals surface area contributed by atoms with Crippen LogP contribution in [0.5, 0.6) is 0 Å². The number of amides is 1. The zero-order valence-corrected chi connectivity index (χ0v) is 10.1. The van der Waals surface area contributed by atoms with Gasteiger partial charge >= 0.3 is 0 Å². The van der Waals surface area contributed by atoms with Gasteiger partial charge in [-0.15, -0.1) is 0 Å². The summed E-state index contributed by atoms with van der Waals surface area (Å²) in [5.41, 5.74) is 4.71. The van der Waals surface area contributed by atoms with Crippen molar-refractivity contribution in [1.82, 2.24) is 5.32 Å². The van der Waals surface area contributed by atoms with Crippen LogP contribution in [0.15, 0.2) is 12.1 Å². The fraction of sp³-hybridized carbons (Fsp3) is 0.273. The number of carbonyl (C=O) groups is 1. The molecule has 0 aromatic heterocycles. The molecule has 1 aromatic rings. The number of halogens is 3. The van der Waals surface area contributed by atoms with Gasteiger partial charge in [0.2, 0.25) is 0 Å². The van der Waals surface area contributed by atoms with Crippen molar-refractivity contribution in [3.05, 3.63) is 35.1 Å². The maximum atomic E-state index is 13.2. The van der Waals surface area contributed by atoms with Crippen LogP contribution >= 0.6 is 12.2 Å². The molecule has 0 fully saturated rings. The Bertz CT molecular complexity index is 480. The monoisotopic (exact) mass is 276 g/mol. The van der Waals surface area contributed by atoms with Crippen molar-refractivity contribution in [3.63, 3.8) is 0 Å². The summed E-state index contributed by atoms with van der Waals surface area (Å²) in [5, 5.41) is 2.36. The minimum Gasteiger partial charge on any atom is -0.393 e. The number of rotatable bonds is 5. The molecule has 3 N–H and O–H groups in total. The summed E-state index contributed by atoms with van der Waals surface area (Å²) < 4.78 is 38.8. The lowest BCUT2D eigenvalue weighted by Crippen LogP contribution is -2.26. The largest absolute Gasteiger partial charge is 0.393 e. The summed E-state index contributed by atoms with van der Waals surface area (Å²) in [6.45, 7) is 0.217. The third-order valence-corrected chi connectivity index (χ3v) is 2.37. The van der Waals surface area contributed by atoms with Crippen LogP contribution in [0, 0.1) is 17.5 Å². The zero-order chi connectivity index (χ0) is 13.7. The predicted octanol–water partition coefficient (Wildman–Crippen LogP) is 1.90. The van der Waals surface area contributed by atoms with E-state index >= 15 is 0 Å². The molecule has 18 heavy (non-hydrogen) atoms. The van der Waals surface area contributed by atoms with Gasteiger partial charge in [0.15, 0.2) is 17.5 Å². The highest BCUT2D eigenvalue weighted by Crippen LogP contribution is 2.14. The van der Waals surface area contributed by atoms with Crippen molar-refractivity contribution in [2.24, 2.45) is 5.73 Å². The van der Waals surface area contributed by atoms with E-state index in [-0.39, 0.29) is 6.54 Å². The van der Waals surface area contributed by atoms with Crippen LogP contribution in [0.2, 0.25) is 0 Å². The number of thiocarbonyl (C=S) groups is 1. The van der Waals surface area contributed by atoms with Crippen molar-refractivity contribution in [3.8, 4) is 0 Å². The molecule has 0 bridgehead atoms. The molecule has 3 nitrogen and oxygen atoms in total. The summed E-state index contributed by atoms with van der Waals surface area (Å²) in [7, 11) is 0. The highest BCUT2D eigenvalue weighted by Gasteiger charge is 2.18. The van der Waals surface area contributed by atoms with Gasteiger partial charge in [0.05, 0.1) is 10.6 Å². The fourth-order valence-electron chi connectivity index (χ4n) is 1.26. The quantitative estimate of drug-likeness (QED) is 0.490. The number of carbonyl (C=O) groups excluding carboxylic acids is 1. The molecule has 0 atom stereocenters. The van der Waals surface area contributed by atoms with Crippen molar-refractivity contribution >= 4 is 23.1 Å². The van der Waals surface area contributed by atoms with Crippen molar-refractivity contribution < 1.29 is 18.0 Å². The van der Waals surface area contributed by atoms with Gasteiger partial charge in [-0.05, 0) is 25.0 Å². The Morgan fingerprint density at radius 2 is 1.94 bits per heavy atom. The summed E-state index contributed by atoms with van der Waals surface area (Å²) in [4.78, 5) is 11.8. The molecule has 0 spiro atoms. The SMILES string of the molecule is NC(=S)CCCNC(=O)c1ccc(F)c(F)c1F. The van der Waals surface area contributed by atoms with Crippen LogP contribution in [-0.2, 0) is 0 Å². The molecule has 0 unspecified atom stereocenters. The van der Waals surface area contributed by atoms with E-state index in [1.165, 1.54) is 0 Å². The van der Waals surface area contributed by atoms with E-state index < -0.39 is 28.9 Å². The summed E-state index contributed by atoms with van der Waals surface area (Å²) in [6.07, 6.45) is 0.933. The summed E-state index contributed by atoms with van der Waals surface area (Å²) in [5.74, 6) is -5.31. The van der Waals surface area contributed by atoms with Crippen LogP contribution in [0.4, 0.5) is 13.2 Å². The predicted molar refractivity (Wildman–Crippen MR) is 64.7 cm³/mol. The topological polar surface area (TPSA) is 55.1 Å². The molecule has 1 amide bonds. The lowest BCUT2D eigenvalue weighted by atomic mass is 10.2. The van der Waals surface area contributed by atoms with Gasteiger partial charge in [0.25, 0.3) is 5.91 Å². The Hall–Kier alpha value is -1.63. The number of hydrogen-bond acceptors (Lipinski definition) is 2. The second-order valence-electron chi connectivity index (χ2n) is 3.55. The third-order valence-electron chi connectivity index (χ3n) is 2.17. The molecule has 0 aliphatic rings. The summed E-state index contributed by atoms with van der Waals surface area (Å²) in [6, 6.07) is 1.58. The van der Waals surface area contributed by atoms with Gasteiger partial charge in [0.1, 0.15) is 0 Å². The second-order valence-corrected chi connectivity index (χ2v) is 4.07. The number of benzene rings is 1. The number of nitrogens with two attached hydrogens (primary N) is 1. The maximum Gasteiger partial charge on any atom is 0.254 e. The molecule has 0 saturated heterocycles. The molecule has 7 heteroatoms. The Kier molecular flexibility index (Phi) is 5.08. The van der Waals surface area contributed by atoms with Crippen LogP contribution < -0.4 is 11.1 Å². The van der Waals surface area contributed by atoms with E-state index in [0.717, 1.165) is 6.07 Å². The van der Waals surface area contributed by atoms with E-state index in [0.29, 0.717) is 23.9 Å². The molecule has 0 aliphatic heterocycles. The van der Waals surface area contributed by atoms with E-state index in [4.69, 9.17) is 5.73 Å². The molecule has 0 saturated carbocycles. The van der Waals surface area contributed by atoms with Gasteiger partial charge < -0.3 is 11.1 Å². The zero-order valence-electron chi connectivity index (χ0n) is 9.30. The van der Waals surface area contributed by atoms with Crippen LogP contribution in [-0.4, -0.2) is 17.4 Å². The Labute approximate surface area is 107 Å². The average molecular weight is 276 g/mol. The third kappa shape index (κ3) is 3.69. The first kappa shape index (κ1) is 14.4. The molecule has 0 aliphatic carbocycles. The Morgan fingerprint density at radius 3 is 2.56 bits per heavy atom. The highest BCUT2D eigenvalue weighted by atomic mass is 32.1. The van der Waals surface area contributed by atoms with Gasteiger partial charge in [-0.1, -0.05) is 12.2 Å². The first-order valence-corrected chi connectivity index (χ1v) is 5.54. The minimum absolute atomic E-state index is 0.217. The second kappa shape index (κ2) is 6.34. The molecule has 98 valence electrons. The van der Waals surface area contributed by atoms with Gasteiger partial charge in [0, 0.05) is 6.54 Å². The van der Waals surface area contributed by atoms with E-state index in [1.54, 1.807) is 0 Å². The normalized spacial score (nSPS) is 10.2. The number of hydrogen-bond donors (Lipinski definition) is 2. The van der Waals surface area contributed by atoms with Gasteiger partial charge in [-0.25, -0.2) is 13.2 Å². The van der Waals surface area contributed by atoms with E-state index in [9.17, 15) is 18.0 Å². The number of nitrogens with one attached hydrogen (secondary N) is 1. The minimum atomic E-state index is -1.66. The van der Waals surface area contributed by atoms with E-state index in [1.807, 2.05) is 0 Å². The van der Waals surface area contributed by atoms with Crippen molar-refractivity contribution in [2.45, 2.75) is 12.8 Å².